The largest absolute Gasteiger partial charge is 0.489 e. The van der Waals surface area contributed by atoms with Crippen LogP contribution in [0.2, 0.25) is 0 Å². The van der Waals surface area contributed by atoms with Crippen molar-refractivity contribution >= 4 is 0 Å². The minimum atomic E-state index is 0.336. The quantitative estimate of drug-likeness (QED) is 0.600. The summed E-state index contributed by atoms with van der Waals surface area (Å²) in [6, 6.07) is 21.7. The van der Waals surface area contributed by atoms with E-state index in [4.69, 9.17) is 10.00 Å². The van der Waals surface area contributed by atoms with Gasteiger partial charge in [-0.05, 0) is 42.0 Å². The Labute approximate surface area is 150 Å². The van der Waals surface area contributed by atoms with E-state index < -0.39 is 0 Å². The fourth-order valence-corrected chi connectivity index (χ4v) is 2.68. The molecule has 2 heterocycles. The number of nitriles is 1. The van der Waals surface area contributed by atoms with Gasteiger partial charge in [0.1, 0.15) is 24.1 Å². The van der Waals surface area contributed by atoms with Crippen molar-refractivity contribution in [3.8, 4) is 28.8 Å². The van der Waals surface area contributed by atoms with E-state index in [9.17, 15) is 0 Å². The van der Waals surface area contributed by atoms with Crippen LogP contribution in [0.1, 0.15) is 11.3 Å². The van der Waals surface area contributed by atoms with E-state index in [1.165, 1.54) is 0 Å². The molecule has 0 saturated carbocycles. The normalized spacial score (nSPS) is 10.4. The summed E-state index contributed by atoms with van der Waals surface area (Å²) in [7, 11) is 0. The Bertz CT molecular complexity index is 1040. The molecular weight excluding hydrogens is 326 g/mol. The van der Waals surface area contributed by atoms with Crippen molar-refractivity contribution in [1.29, 1.82) is 5.26 Å². The Morgan fingerprint density at radius 3 is 2.62 bits per heavy atom. The number of H-pyrrole nitrogens is 1. The Hall–Kier alpha value is -3.85. The molecule has 0 radical (unpaired) electrons. The Morgan fingerprint density at radius 1 is 1.04 bits per heavy atom. The summed E-state index contributed by atoms with van der Waals surface area (Å²) in [5, 5.41) is 19.3. The molecule has 0 saturated heterocycles. The lowest BCUT2D eigenvalue weighted by Gasteiger charge is -2.09. The van der Waals surface area contributed by atoms with Crippen LogP contribution in [0.25, 0.3) is 16.9 Å². The fourth-order valence-electron chi connectivity index (χ4n) is 2.68. The molecule has 2 aromatic heterocycles. The van der Waals surface area contributed by atoms with Gasteiger partial charge in [0, 0.05) is 23.6 Å². The van der Waals surface area contributed by atoms with Crippen LogP contribution < -0.4 is 4.74 Å². The number of benzene rings is 2. The highest BCUT2D eigenvalue weighted by Crippen LogP contribution is 2.24. The third-order valence-electron chi connectivity index (χ3n) is 4.01. The van der Waals surface area contributed by atoms with Crippen LogP contribution in [-0.2, 0) is 6.61 Å². The molecule has 6 heteroatoms. The maximum atomic E-state index is 9.09. The zero-order valence-corrected chi connectivity index (χ0v) is 13.8. The van der Waals surface area contributed by atoms with Gasteiger partial charge >= 0.3 is 0 Å². The van der Waals surface area contributed by atoms with Gasteiger partial charge < -0.3 is 9.30 Å². The van der Waals surface area contributed by atoms with Crippen molar-refractivity contribution in [1.82, 2.24) is 20.0 Å². The number of ether oxygens (including phenoxy) is 1. The van der Waals surface area contributed by atoms with E-state index in [0.717, 1.165) is 16.8 Å². The lowest BCUT2D eigenvalue weighted by molar-refractivity contribution is 0.306. The van der Waals surface area contributed by atoms with Crippen LogP contribution in [0.5, 0.6) is 5.75 Å². The Balaban J connectivity index is 1.47. The highest BCUT2D eigenvalue weighted by molar-refractivity contribution is 5.65. The zero-order valence-electron chi connectivity index (χ0n) is 13.8. The monoisotopic (exact) mass is 341 g/mol. The molecule has 6 nitrogen and oxygen atoms in total. The van der Waals surface area contributed by atoms with Gasteiger partial charge in [-0.1, -0.05) is 29.5 Å². The van der Waals surface area contributed by atoms with Crippen LogP contribution in [0.4, 0.5) is 0 Å². The molecule has 0 aliphatic carbocycles. The van der Waals surface area contributed by atoms with E-state index in [1.54, 1.807) is 0 Å². The van der Waals surface area contributed by atoms with Crippen LogP contribution in [0.3, 0.4) is 0 Å². The highest BCUT2D eigenvalue weighted by Gasteiger charge is 2.10. The second-order valence-corrected chi connectivity index (χ2v) is 5.72. The molecule has 0 fully saturated rings. The van der Waals surface area contributed by atoms with Gasteiger partial charge in [-0.2, -0.15) is 5.26 Å². The average molecular weight is 341 g/mol. The third-order valence-corrected chi connectivity index (χ3v) is 4.01. The fraction of sp³-hybridized carbons (Fsp3) is 0.0500. The molecule has 4 aromatic rings. The lowest BCUT2D eigenvalue weighted by Crippen LogP contribution is -1.97. The van der Waals surface area contributed by atoms with Crippen molar-refractivity contribution in [2.75, 3.05) is 0 Å². The third kappa shape index (κ3) is 3.19. The summed E-state index contributed by atoms with van der Waals surface area (Å²) in [5.41, 5.74) is 3.83. The molecule has 26 heavy (non-hydrogen) atoms. The molecule has 0 amide bonds. The van der Waals surface area contributed by atoms with Crippen molar-refractivity contribution in [3.05, 3.63) is 84.3 Å². The van der Waals surface area contributed by atoms with Crippen molar-refractivity contribution in [2.45, 2.75) is 6.61 Å². The van der Waals surface area contributed by atoms with Gasteiger partial charge in [0.2, 0.25) is 0 Å². The van der Waals surface area contributed by atoms with Crippen molar-refractivity contribution < 1.29 is 4.74 Å². The van der Waals surface area contributed by atoms with E-state index in [1.807, 2.05) is 67.0 Å². The molecule has 0 bridgehead atoms. The van der Waals surface area contributed by atoms with Gasteiger partial charge in [0.15, 0.2) is 5.69 Å². The first kappa shape index (κ1) is 15.7. The van der Waals surface area contributed by atoms with Gasteiger partial charge in [-0.25, -0.2) is 5.10 Å². The van der Waals surface area contributed by atoms with Gasteiger partial charge in [-0.15, -0.1) is 5.10 Å². The van der Waals surface area contributed by atoms with E-state index >= 15 is 0 Å². The lowest BCUT2D eigenvalue weighted by atomic mass is 10.1. The summed E-state index contributed by atoms with van der Waals surface area (Å²) in [5.74, 6) is 0.712. The topological polar surface area (TPSA) is 79.5 Å². The van der Waals surface area contributed by atoms with Crippen LogP contribution in [-0.4, -0.2) is 20.0 Å². The molecule has 0 atom stereocenters. The predicted octanol–water partition coefficient (Wildman–Crippen LogP) is 3.71. The second kappa shape index (κ2) is 6.95. The van der Waals surface area contributed by atoms with Crippen molar-refractivity contribution in [3.63, 3.8) is 0 Å². The highest BCUT2D eigenvalue weighted by atomic mass is 16.5. The number of aromatic amines is 1. The summed E-state index contributed by atoms with van der Waals surface area (Å²) >= 11 is 0. The van der Waals surface area contributed by atoms with Crippen LogP contribution in [0, 0.1) is 11.3 Å². The molecule has 0 unspecified atom stereocenters. The van der Waals surface area contributed by atoms with Crippen LogP contribution >= 0.6 is 0 Å². The molecule has 2 aromatic carbocycles. The maximum Gasteiger partial charge on any atom is 0.163 e. The smallest absolute Gasteiger partial charge is 0.163 e. The molecular formula is C20H15N5O. The first-order valence-corrected chi connectivity index (χ1v) is 8.10. The number of nitrogens with one attached hydrogen (secondary N) is 1. The zero-order chi connectivity index (χ0) is 17.8. The summed E-state index contributed by atoms with van der Waals surface area (Å²) in [6.45, 7) is 0.458. The minimum absolute atomic E-state index is 0.336. The second-order valence-electron chi connectivity index (χ2n) is 5.72. The minimum Gasteiger partial charge on any atom is -0.489 e. The molecule has 1 N–H and O–H groups in total. The number of aromatic nitrogens is 4. The first-order chi connectivity index (χ1) is 12.8. The van der Waals surface area contributed by atoms with Crippen LogP contribution in [0.15, 0.2) is 73.1 Å². The van der Waals surface area contributed by atoms with E-state index in [0.29, 0.717) is 23.7 Å². The Kier molecular flexibility index (Phi) is 4.19. The summed E-state index contributed by atoms with van der Waals surface area (Å²) in [6.07, 6.45) is 4.02. The van der Waals surface area contributed by atoms with Gasteiger partial charge in [0.05, 0.1) is 0 Å². The number of rotatable bonds is 5. The predicted molar refractivity (Wildman–Crippen MR) is 96.6 cm³/mol. The van der Waals surface area contributed by atoms with Crippen molar-refractivity contribution in [2.24, 2.45) is 0 Å². The summed E-state index contributed by atoms with van der Waals surface area (Å²) in [4.78, 5) is 0. The molecule has 0 aliphatic rings. The van der Waals surface area contributed by atoms with E-state index in [2.05, 4.69) is 32.1 Å². The maximum absolute atomic E-state index is 9.09. The van der Waals surface area contributed by atoms with E-state index in [-0.39, 0.29) is 0 Å². The average Bonchev–Trinajstić information content (AvgIpc) is 3.38. The van der Waals surface area contributed by atoms with Gasteiger partial charge in [0.25, 0.3) is 0 Å². The first-order valence-electron chi connectivity index (χ1n) is 8.10. The number of hydrogen-bond donors (Lipinski definition) is 1. The number of nitrogens with zero attached hydrogens (tertiary/aromatic N) is 4. The number of hydrogen-bond acceptors (Lipinski definition) is 4. The molecule has 0 spiro atoms. The molecule has 0 aliphatic heterocycles. The SMILES string of the molecule is N#Cc1[nH]nnc1-c1cccc(OCc2ccc(-n3cccc3)cc2)c1. The summed E-state index contributed by atoms with van der Waals surface area (Å²) < 4.78 is 7.94. The molecule has 126 valence electrons. The Morgan fingerprint density at radius 2 is 1.85 bits per heavy atom. The van der Waals surface area contributed by atoms with Gasteiger partial charge in [-0.3, -0.25) is 0 Å². The molecule has 4 rings (SSSR count). The standard InChI is InChI=1S/C20H15N5O/c21-13-19-20(23-24-22-19)16-4-3-5-18(12-16)26-14-15-6-8-17(9-7-15)25-10-1-2-11-25/h1-12H,14H2,(H,22,23,24).